The van der Waals surface area contributed by atoms with E-state index in [-0.39, 0.29) is 6.54 Å². The Morgan fingerprint density at radius 1 is 1.12 bits per heavy atom. The summed E-state index contributed by atoms with van der Waals surface area (Å²) in [7, 11) is 0. The summed E-state index contributed by atoms with van der Waals surface area (Å²) >= 11 is 4.10. The minimum Gasteiger partial charge on any atom is -0.480 e. The summed E-state index contributed by atoms with van der Waals surface area (Å²) in [5.41, 5.74) is 0. The van der Waals surface area contributed by atoms with Crippen LogP contribution in [0.25, 0.3) is 0 Å². The lowest BCUT2D eigenvalue weighted by molar-refractivity contribution is -0.142. The van der Waals surface area contributed by atoms with E-state index in [1.807, 2.05) is 5.32 Å². The summed E-state index contributed by atoms with van der Waals surface area (Å²) < 4.78 is 5.22. The van der Waals surface area contributed by atoms with Gasteiger partial charge in [0.2, 0.25) is 17.7 Å². The lowest BCUT2D eigenvalue weighted by Crippen LogP contribution is -2.49. The highest BCUT2D eigenvalue weighted by atomic mass is 32.1. The third-order valence-electron chi connectivity index (χ3n) is 2.83. The van der Waals surface area contributed by atoms with Crippen molar-refractivity contribution >= 4 is 36.3 Å². The Kier molecular flexibility index (Phi) is 10.8. The van der Waals surface area contributed by atoms with E-state index in [9.17, 15) is 19.2 Å². The maximum absolute atomic E-state index is 11.7. The Morgan fingerprint density at radius 2 is 1.71 bits per heavy atom. The van der Waals surface area contributed by atoms with Crippen molar-refractivity contribution in [2.45, 2.75) is 31.2 Å². The average molecular weight is 365 g/mol. The molecule has 3 amide bonds. The van der Waals surface area contributed by atoms with Crippen LogP contribution >= 0.6 is 12.6 Å². The number of thiol groups is 1. The van der Waals surface area contributed by atoms with Crippen LogP contribution < -0.4 is 16.0 Å². The fraction of sp³-hybridized carbons (Fsp3) is 0.692. The van der Waals surface area contributed by atoms with Crippen LogP contribution in [0.15, 0.2) is 0 Å². The van der Waals surface area contributed by atoms with Gasteiger partial charge in [-0.3, -0.25) is 14.4 Å². The number of nitrogens with one attached hydrogen (secondary N) is 3. The number of carbonyl (C=O) groups is 4. The van der Waals surface area contributed by atoms with Crippen LogP contribution in [0.5, 0.6) is 0 Å². The van der Waals surface area contributed by atoms with E-state index in [1.165, 1.54) is 0 Å². The Hall–Kier alpha value is -1.85. The molecule has 2 unspecified atom stereocenters. The molecule has 0 aromatic carbocycles. The monoisotopic (exact) mass is 365 g/mol. The summed E-state index contributed by atoms with van der Waals surface area (Å²) in [4.78, 5) is 45.3. The van der Waals surface area contributed by atoms with Crippen molar-refractivity contribution in [2.24, 2.45) is 0 Å². The van der Waals surface area contributed by atoms with Gasteiger partial charge in [0.25, 0.3) is 0 Å². The van der Waals surface area contributed by atoms with Crippen molar-refractivity contribution in [1.29, 1.82) is 0 Å². The third-order valence-corrected chi connectivity index (χ3v) is 3.48. The topological polar surface area (TPSA) is 154 Å². The molecular formula is C13H23N3O7S. The van der Waals surface area contributed by atoms with E-state index < -0.39 is 54.2 Å². The second-order valence-corrected chi connectivity index (χ2v) is 5.30. The van der Waals surface area contributed by atoms with E-state index in [0.717, 1.165) is 0 Å². The lowest BCUT2D eigenvalue weighted by atomic mass is 10.2. The van der Waals surface area contributed by atoms with Crippen molar-refractivity contribution in [3.8, 4) is 0 Å². The maximum Gasteiger partial charge on any atom is 0.328 e. The zero-order chi connectivity index (χ0) is 18.7. The normalized spacial score (nSPS) is 14.2. The van der Waals surface area contributed by atoms with Gasteiger partial charge in [-0.2, -0.15) is 12.6 Å². The van der Waals surface area contributed by atoms with Crippen LogP contribution in [0.2, 0.25) is 0 Å². The fourth-order valence-corrected chi connectivity index (χ4v) is 1.69. The van der Waals surface area contributed by atoms with E-state index in [2.05, 4.69) is 23.3 Å². The molecule has 24 heavy (non-hydrogen) atoms. The highest BCUT2D eigenvalue weighted by Crippen LogP contribution is 2.05. The standard InChI is InChI=1S/C13H23N3O7S/c1-3-23-7(2)11(24)12(20)15-4-9(18)14-5-10(19)16-8(6-17)13(21)22/h7-8,11,17,24H,3-6H2,1-2H3,(H,14,18)(H,15,20)(H,16,19)(H,21,22)/t7?,8-,11?/m0/s1. The summed E-state index contributed by atoms with van der Waals surface area (Å²) in [5.74, 6) is -3.31. The number of carbonyl (C=O) groups excluding carboxylic acids is 3. The van der Waals surface area contributed by atoms with E-state index in [0.29, 0.717) is 6.61 Å². The van der Waals surface area contributed by atoms with Gasteiger partial charge in [0, 0.05) is 6.61 Å². The van der Waals surface area contributed by atoms with Crippen LogP contribution in [0.3, 0.4) is 0 Å². The number of carboxylic acids is 1. The van der Waals surface area contributed by atoms with Crippen LogP contribution in [0.4, 0.5) is 0 Å². The second kappa shape index (κ2) is 11.6. The van der Waals surface area contributed by atoms with Crippen LogP contribution in [-0.2, 0) is 23.9 Å². The van der Waals surface area contributed by atoms with Crippen LogP contribution in [-0.4, -0.2) is 77.6 Å². The number of carboxylic acid groups (broad SMARTS) is 1. The Balaban J connectivity index is 4.12. The second-order valence-electron chi connectivity index (χ2n) is 4.74. The molecule has 0 rings (SSSR count). The molecular weight excluding hydrogens is 342 g/mol. The number of rotatable bonds is 11. The number of ether oxygens (including phenoxy) is 1. The first-order chi connectivity index (χ1) is 11.2. The minimum atomic E-state index is -1.45. The van der Waals surface area contributed by atoms with Gasteiger partial charge in [0.05, 0.1) is 25.8 Å². The van der Waals surface area contributed by atoms with E-state index in [4.69, 9.17) is 14.9 Å². The Bertz CT molecular complexity index is 461. The fourth-order valence-electron chi connectivity index (χ4n) is 1.51. The number of aliphatic carboxylic acids is 1. The Morgan fingerprint density at radius 3 is 2.21 bits per heavy atom. The largest absolute Gasteiger partial charge is 0.480 e. The molecule has 0 aliphatic heterocycles. The summed E-state index contributed by atoms with van der Waals surface area (Å²) in [5, 5.41) is 23.2. The summed E-state index contributed by atoms with van der Waals surface area (Å²) in [6.07, 6.45) is -0.432. The van der Waals surface area contributed by atoms with Crippen molar-refractivity contribution in [1.82, 2.24) is 16.0 Å². The molecule has 0 aromatic rings. The molecule has 0 spiro atoms. The summed E-state index contributed by atoms with van der Waals surface area (Å²) in [6.45, 7) is 2.24. The molecule has 0 fully saturated rings. The summed E-state index contributed by atoms with van der Waals surface area (Å²) in [6, 6.07) is -1.45. The van der Waals surface area contributed by atoms with E-state index in [1.54, 1.807) is 13.8 Å². The quantitative estimate of drug-likeness (QED) is 0.221. The van der Waals surface area contributed by atoms with Crippen LogP contribution in [0, 0.1) is 0 Å². The molecule has 0 saturated heterocycles. The lowest BCUT2D eigenvalue weighted by Gasteiger charge is -2.18. The van der Waals surface area contributed by atoms with E-state index >= 15 is 0 Å². The highest BCUT2D eigenvalue weighted by molar-refractivity contribution is 7.81. The number of amides is 3. The van der Waals surface area contributed by atoms with Crippen molar-refractivity contribution in [3.05, 3.63) is 0 Å². The molecule has 11 heteroatoms. The molecule has 0 aliphatic carbocycles. The molecule has 0 saturated carbocycles. The molecule has 0 bridgehead atoms. The van der Waals surface area contributed by atoms with Gasteiger partial charge in [-0.15, -0.1) is 0 Å². The molecule has 10 nitrogen and oxygen atoms in total. The first-order valence-electron chi connectivity index (χ1n) is 7.20. The zero-order valence-electron chi connectivity index (χ0n) is 13.4. The number of hydrogen-bond donors (Lipinski definition) is 6. The SMILES string of the molecule is CCOC(C)C(S)C(=O)NCC(=O)NCC(=O)N[C@@H](CO)C(=O)O. The predicted octanol–water partition coefficient (Wildman–Crippen LogP) is -2.50. The van der Waals surface area contributed by atoms with Gasteiger partial charge < -0.3 is 30.9 Å². The maximum atomic E-state index is 11.7. The zero-order valence-corrected chi connectivity index (χ0v) is 14.3. The van der Waals surface area contributed by atoms with Gasteiger partial charge in [-0.1, -0.05) is 0 Å². The Labute approximate surface area is 144 Å². The first kappa shape index (κ1) is 22.1. The molecule has 0 aliphatic rings. The minimum absolute atomic E-state index is 0.371. The number of aliphatic hydroxyl groups excluding tert-OH is 1. The molecule has 5 N–H and O–H groups in total. The van der Waals surface area contributed by atoms with Gasteiger partial charge in [0.1, 0.15) is 11.3 Å². The smallest absolute Gasteiger partial charge is 0.328 e. The highest BCUT2D eigenvalue weighted by Gasteiger charge is 2.22. The van der Waals surface area contributed by atoms with Gasteiger partial charge in [-0.25, -0.2) is 4.79 Å². The average Bonchev–Trinajstić information content (AvgIpc) is 2.54. The molecule has 0 heterocycles. The molecule has 0 aromatic heterocycles. The van der Waals surface area contributed by atoms with Gasteiger partial charge >= 0.3 is 5.97 Å². The molecule has 0 radical (unpaired) electrons. The first-order valence-corrected chi connectivity index (χ1v) is 7.71. The van der Waals surface area contributed by atoms with Gasteiger partial charge in [-0.05, 0) is 13.8 Å². The number of hydrogen-bond acceptors (Lipinski definition) is 7. The van der Waals surface area contributed by atoms with Crippen molar-refractivity contribution < 1.29 is 34.1 Å². The molecule has 3 atom stereocenters. The number of aliphatic hydroxyl groups is 1. The van der Waals surface area contributed by atoms with Crippen molar-refractivity contribution in [2.75, 3.05) is 26.3 Å². The van der Waals surface area contributed by atoms with Crippen LogP contribution in [0.1, 0.15) is 13.8 Å². The third kappa shape index (κ3) is 8.70. The predicted molar refractivity (Wildman–Crippen MR) is 86.5 cm³/mol. The van der Waals surface area contributed by atoms with Gasteiger partial charge in [0.15, 0.2) is 0 Å². The molecule has 138 valence electrons. The van der Waals surface area contributed by atoms with Crippen molar-refractivity contribution in [3.63, 3.8) is 0 Å².